The number of nitrogens with zero attached hydrogens (tertiary/aromatic N) is 3. The number of rotatable bonds is 2. The molecule has 0 spiro atoms. The van der Waals surface area contributed by atoms with Crippen molar-refractivity contribution in [2.45, 2.75) is 0 Å². The average Bonchev–Trinajstić information content (AvgIpc) is 2.52. The number of para-hydroxylation sites is 1. The van der Waals surface area contributed by atoms with Crippen LogP contribution in [0.1, 0.15) is 0 Å². The lowest BCUT2D eigenvalue weighted by molar-refractivity contribution is -0.145. The molecule has 0 aromatic heterocycles. The van der Waals surface area contributed by atoms with Crippen LogP contribution >= 0.6 is 11.6 Å². The van der Waals surface area contributed by atoms with Crippen molar-refractivity contribution in [3.63, 3.8) is 0 Å². The Bertz CT molecular complexity index is 577. The quantitative estimate of drug-likeness (QED) is 0.642. The molecule has 1 aliphatic rings. The molecule has 1 N–H and O–H groups in total. The van der Waals surface area contributed by atoms with Gasteiger partial charge in [0.25, 0.3) is 0 Å². The van der Waals surface area contributed by atoms with E-state index in [2.05, 4.69) is 10.2 Å². The number of hydrogen-bond acceptors (Lipinski definition) is 4. The molecule has 1 saturated heterocycles. The van der Waals surface area contributed by atoms with Crippen molar-refractivity contribution in [2.24, 2.45) is 0 Å². The summed E-state index contributed by atoms with van der Waals surface area (Å²) in [7, 11) is 0. The second kappa shape index (κ2) is 6.95. The van der Waals surface area contributed by atoms with E-state index in [4.69, 9.17) is 16.9 Å². The summed E-state index contributed by atoms with van der Waals surface area (Å²) in [5.41, 5.74) is 0.931. The summed E-state index contributed by atoms with van der Waals surface area (Å²) in [4.78, 5) is 27.0. The van der Waals surface area contributed by atoms with Crippen molar-refractivity contribution < 1.29 is 9.59 Å². The van der Waals surface area contributed by atoms with Gasteiger partial charge in [0.2, 0.25) is 0 Å². The molecule has 2 rings (SSSR count). The third-order valence-electron chi connectivity index (χ3n) is 3.28. The zero-order chi connectivity index (χ0) is 15.2. The Balaban J connectivity index is 1.92. The molecule has 1 fully saturated rings. The molecule has 0 aliphatic carbocycles. The predicted octanol–water partition coefficient (Wildman–Crippen LogP) is 0.628. The van der Waals surface area contributed by atoms with Crippen LogP contribution in [0.2, 0.25) is 5.02 Å². The first-order chi connectivity index (χ1) is 10.1. The van der Waals surface area contributed by atoms with Gasteiger partial charge in [0, 0.05) is 26.2 Å². The Morgan fingerprint density at radius 3 is 2.52 bits per heavy atom. The normalized spacial score (nSPS) is 14.5. The second-order valence-corrected chi connectivity index (χ2v) is 4.98. The van der Waals surface area contributed by atoms with E-state index < -0.39 is 11.8 Å². The van der Waals surface area contributed by atoms with Crippen molar-refractivity contribution in [2.75, 3.05) is 37.6 Å². The molecule has 0 saturated carbocycles. The van der Waals surface area contributed by atoms with Gasteiger partial charge in [-0.1, -0.05) is 23.7 Å². The molecule has 1 aromatic rings. The van der Waals surface area contributed by atoms with Gasteiger partial charge in [0.1, 0.15) is 6.54 Å². The lowest BCUT2D eigenvalue weighted by atomic mass is 10.2. The Kier molecular flexibility index (Phi) is 5.01. The van der Waals surface area contributed by atoms with E-state index in [-0.39, 0.29) is 6.54 Å². The summed E-state index contributed by atoms with van der Waals surface area (Å²) in [6, 6.07) is 9.30. The van der Waals surface area contributed by atoms with Crippen LogP contribution in [0.25, 0.3) is 0 Å². The van der Waals surface area contributed by atoms with Gasteiger partial charge in [-0.3, -0.25) is 9.59 Å². The Morgan fingerprint density at radius 1 is 1.24 bits per heavy atom. The first kappa shape index (κ1) is 15.1. The van der Waals surface area contributed by atoms with Gasteiger partial charge >= 0.3 is 11.8 Å². The Morgan fingerprint density at radius 2 is 1.90 bits per heavy atom. The number of hydrogen-bond donors (Lipinski definition) is 1. The third-order valence-corrected chi connectivity index (χ3v) is 3.60. The minimum Gasteiger partial charge on any atom is -0.367 e. The Labute approximate surface area is 127 Å². The van der Waals surface area contributed by atoms with Crippen LogP contribution in [-0.2, 0) is 9.59 Å². The van der Waals surface area contributed by atoms with Crippen LogP contribution in [0.15, 0.2) is 24.3 Å². The van der Waals surface area contributed by atoms with Gasteiger partial charge in [-0.2, -0.15) is 5.26 Å². The van der Waals surface area contributed by atoms with Gasteiger partial charge in [0.05, 0.1) is 16.8 Å². The van der Waals surface area contributed by atoms with Crippen LogP contribution in [0.5, 0.6) is 0 Å². The van der Waals surface area contributed by atoms with E-state index in [1.54, 1.807) is 6.07 Å². The molecule has 0 radical (unpaired) electrons. The van der Waals surface area contributed by atoms with Crippen molar-refractivity contribution in [1.29, 1.82) is 5.26 Å². The summed E-state index contributed by atoms with van der Waals surface area (Å²) in [6.07, 6.45) is 0. The van der Waals surface area contributed by atoms with E-state index in [9.17, 15) is 9.59 Å². The fraction of sp³-hybridized carbons (Fsp3) is 0.357. The fourth-order valence-corrected chi connectivity index (χ4v) is 2.45. The minimum atomic E-state index is -0.734. The number of halogens is 1. The lowest BCUT2D eigenvalue weighted by Crippen LogP contribution is -2.52. The molecular weight excluding hydrogens is 292 g/mol. The smallest absolute Gasteiger partial charge is 0.312 e. The molecule has 0 atom stereocenters. The van der Waals surface area contributed by atoms with Crippen LogP contribution in [0.3, 0.4) is 0 Å². The van der Waals surface area contributed by atoms with Crippen LogP contribution in [0, 0.1) is 11.3 Å². The second-order valence-electron chi connectivity index (χ2n) is 4.57. The van der Waals surface area contributed by atoms with E-state index in [1.807, 2.05) is 24.3 Å². The molecule has 1 heterocycles. The van der Waals surface area contributed by atoms with E-state index in [0.29, 0.717) is 31.2 Å². The summed E-state index contributed by atoms with van der Waals surface area (Å²) in [5, 5.41) is 11.3. The van der Waals surface area contributed by atoms with Gasteiger partial charge < -0.3 is 15.1 Å². The van der Waals surface area contributed by atoms with Gasteiger partial charge in [-0.15, -0.1) is 0 Å². The molecule has 1 aliphatic heterocycles. The zero-order valence-corrected chi connectivity index (χ0v) is 12.1. The van der Waals surface area contributed by atoms with E-state index in [0.717, 1.165) is 5.69 Å². The monoisotopic (exact) mass is 306 g/mol. The van der Waals surface area contributed by atoms with Crippen molar-refractivity contribution in [1.82, 2.24) is 10.2 Å². The topological polar surface area (TPSA) is 76.4 Å². The minimum absolute atomic E-state index is 0.163. The summed E-state index contributed by atoms with van der Waals surface area (Å²) in [5.74, 6) is -1.33. The molecule has 2 amide bonds. The maximum atomic E-state index is 11.9. The summed E-state index contributed by atoms with van der Waals surface area (Å²) < 4.78 is 0. The van der Waals surface area contributed by atoms with E-state index in [1.165, 1.54) is 4.90 Å². The number of nitriles is 1. The molecule has 21 heavy (non-hydrogen) atoms. The van der Waals surface area contributed by atoms with Gasteiger partial charge in [-0.05, 0) is 12.1 Å². The highest BCUT2D eigenvalue weighted by molar-refractivity contribution is 6.35. The van der Waals surface area contributed by atoms with Gasteiger partial charge in [0.15, 0.2) is 0 Å². The first-order valence-electron chi connectivity index (χ1n) is 6.57. The highest BCUT2D eigenvalue weighted by Gasteiger charge is 2.26. The molecule has 0 unspecified atom stereocenters. The third kappa shape index (κ3) is 3.64. The van der Waals surface area contributed by atoms with Crippen LogP contribution in [-0.4, -0.2) is 49.4 Å². The molecular formula is C14H15ClN4O2. The first-order valence-corrected chi connectivity index (χ1v) is 6.95. The van der Waals surface area contributed by atoms with Crippen LogP contribution in [0.4, 0.5) is 5.69 Å². The average molecular weight is 307 g/mol. The molecule has 0 bridgehead atoms. The standard InChI is InChI=1S/C14H15ClN4O2/c15-11-3-1-2-4-12(11)18-7-9-19(10-8-18)14(21)13(20)17-6-5-16/h1-4H,6-10H2,(H,17,20). The van der Waals surface area contributed by atoms with E-state index >= 15 is 0 Å². The lowest BCUT2D eigenvalue weighted by Gasteiger charge is -2.36. The largest absolute Gasteiger partial charge is 0.367 e. The van der Waals surface area contributed by atoms with Crippen molar-refractivity contribution >= 4 is 29.1 Å². The zero-order valence-electron chi connectivity index (χ0n) is 11.4. The predicted molar refractivity (Wildman–Crippen MR) is 78.9 cm³/mol. The number of amides is 2. The van der Waals surface area contributed by atoms with Crippen molar-refractivity contribution in [3.05, 3.63) is 29.3 Å². The highest BCUT2D eigenvalue weighted by atomic mass is 35.5. The molecule has 6 nitrogen and oxygen atoms in total. The highest BCUT2D eigenvalue weighted by Crippen LogP contribution is 2.25. The number of nitrogens with one attached hydrogen (secondary N) is 1. The number of carbonyl (C=O) groups excluding carboxylic acids is 2. The number of anilines is 1. The number of piperazine rings is 1. The summed E-state index contributed by atoms with van der Waals surface area (Å²) >= 11 is 6.15. The number of carbonyl (C=O) groups is 2. The maximum Gasteiger partial charge on any atom is 0.312 e. The molecule has 110 valence electrons. The fourth-order valence-electron chi connectivity index (χ4n) is 2.20. The van der Waals surface area contributed by atoms with Crippen molar-refractivity contribution in [3.8, 4) is 6.07 Å². The maximum absolute atomic E-state index is 11.9. The Hall–Kier alpha value is -2.26. The molecule has 1 aromatic carbocycles. The summed E-state index contributed by atoms with van der Waals surface area (Å²) in [6.45, 7) is 1.96. The van der Waals surface area contributed by atoms with Crippen LogP contribution < -0.4 is 10.2 Å². The molecule has 7 heteroatoms. The van der Waals surface area contributed by atoms with Gasteiger partial charge in [-0.25, -0.2) is 0 Å². The SMILES string of the molecule is N#CCNC(=O)C(=O)N1CCN(c2ccccc2Cl)CC1. The number of benzene rings is 1.